The number of nitrogens with zero attached hydrogens (tertiary/aromatic N) is 1. The number of phenols is 1. The molecule has 3 aromatic rings. The molecule has 3 rings (SSSR count). The topological polar surface area (TPSA) is 33.1 Å². The minimum absolute atomic E-state index is 0.0951. The highest BCUT2D eigenvalue weighted by Crippen LogP contribution is 2.32. The van der Waals surface area contributed by atoms with Gasteiger partial charge in [-0.15, -0.1) is 0 Å². The SMILES string of the molecule is Oc1ccc(F)cc1-c1ccccc1CCc1ccncc1. The van der Waals surface area contributed by atoms with Gasteiger partial charge in [-0.1, -0.05) is 24.3 Å². The molecule has 0 radical (unpaired) electrons. The van der Waals surface area contributed by atoms with Crippen LogP contribution in [0.15, 0.2) is 67.0 Å². The first-order valence-electron chi connectivity index (χ1n) is 7.20. The second kappa shape index (κ2) is 6.39. The first-order valence-corrected chi connectivity index (χ1v) is 7.20. The fourth-order valence-electron chi connectivity index (χ4n) is 2.55. The van der Waals surface area contributed by atoms with E-state index in [2.05, 4.69) is 4.98 Å². The number of pyridine rings is 1. The van der Waals surface area contributed by atoms with E-state index in [0.29, 0.717) is 5.56 Å². The molecule has 0 fully saturated rings. The van der Waals surface area contributed by atoms with Crippen molar-refractivity contribution in [3.8, 4) is 16.9 Å². The summed E-state index contributed by atoms with van der Waals surface area (Å²) < 4.78 is 13.5. The molecular weight excluding hydrogens is 277 g/mol. The summed E-state index contributed by atoms with van der Waals surface area (Å²) in [5, 5.41) is 10.0. The Kier molecular flexibility index (Phi) is 4.15. The third-order valence-electron chi connectivity index (χ3n) is 3.70. The van der Waals surface area contributed by atoms with E-state index in [0.717, 1.165) is 24.0 Å². The van der Waals surface area contributed by atoms with Gasteiger partial charge in [0.2, 0.25) is 0 Å². The zero-order chi connectivity index (χ0) is 15.4. The highest BCUT2D eigenvalue weighted by atomic mass is 19.1. The summed E-state index contributed by atoms with van der Waals surface area (Å²) in [6, 6.07) is 15.8. The summed E-state index contributed by atoms with van der Waals surface area (Å²) in [6.45, 7) is 0. The fourth-order valence-corrected chi connectivity index (χ4v) is 2.55. The van der Waals surface area contributed by atoms with Crippen molar-refractivity contribution in [2.24, 2.45) is 0 Å². The van der Waals surface area contributed by atoms with Crippen molar-refractivity contribution in [2.45, 2.75) is 12.8 Å². The average Bonchev–Trinajstić information content (AvgIpc) is 2.56. The molecule has 0 aliphatic heterocycles. The molecule has 22 heavy (non-hydrogen) atoms. The standard InChI is InChI=1S/C19H16FNO/c20-16-7-8-19(22)18(13-16)17-4-2-1-3-15(17)6-5-14-9-11-21-12-10-14/h1-4,7-13,22H,5-6H2. The van der Waals surface area contributed by atoms with Gasteiger partial charge in [0.15, 0.2) is 0 Å². The average molecular weight is 293 g/mol. The largest absolute Gasteiger partial charge is 0.507 e. The molecule has 0 bridgehead atoms. The van der Waals surface area contributed by atoms with Gasteiger partial charge < -0.3 is 5.11 Å². The van der Waals surface area contributed by atoms with E-state index in [1.54, 1.807) is 12.4 Å². The van der Waals surface area contributed by atoms with E-state index in [1.165, 1.54) is 23.8 Å². The molecule has 0 amide bonds. The minimum atomic E-state index is -0.350. The number of benzene rings is 2. The predicted octanol–water partition coefficient (Wildman–Crippen LogP) is 4.38. The van der Waals surface area contributed by atoms with Crippen molar-refractivity contribution in [3.63, 3.8) is 0 Å². The Hall–Kier alpha value is -2.68. The zero-order valence-corrected chi connectivity index (χ0v) is 12.0. The van der Waals surface area contributed by atoms with E-state index in [1.807, 2.05) is 36.4 Å². The van der Waals surface area contributed by atoms with Gasteiger partial charge >= 0.3 is 0 Å². The summed E-state index contributed by atoms with van der Waals surface area (Å²) in [6.07, 6.45) is 5.24. The molecule has 110 valence electrons. The fraction of sp³-hybridized carbons (Fsp3) is 0.105. The number of hydrogen-bond acceptors (Lipinski definition) is 2. The molecule has 1 aromatic heterocycles. The number of aromatic hydroxyl groups is 1. The van der Waals surface area contributed by atoms with Crippen molar-refractivity contribution < 1.29 is 9.50 Å². The molecule has 0 spiro atoms. The highest BCUT2D eigenvalue weighted by Gasteiger charge is 2.10. The number of aryl methyl sites for hydroxylation is 2. The van der Waals surface area contributed by atoms with Gasteiger partial charge in [0, 0.05) is 18.0 Å². The normalized spacial score (nSPS) is 10.6. The van der Waals surface area contributed by atoms with Crippen LogP contribution in [0.3, 0.4) is 0 Å². The lowest BCUT2D eigenvalue weighted by Gasteiger charge is -2.11. The Morgan fingerprint density at radius 3 is 2.45 bits per heavy atom. The van der Waals surface area contributed by atoms with Gasteiger partial charge in [-0.2, -0.15) is 0 Å². The number of halogens is 1. The van der Waals surface area contributed by atoms with Gasteiger partial charge in [-0.25, -0.2) is 4.39 Å². The van der Waals surface area contributed by atoms with Gasteiger partial charge in [-0.05, 0) is 59.9 Å². The van der Waals surface area contributed by atoms with Crippen LogP contribution >= 0.6 is 0 Å². The molecule has 0 aliphatic rings. The smallest absolute Gasteiger partial charge is 0.124 e. The van der Waals surface area contributed by atoms with Crippen LogP contribution in [-0.4, -0.2) is 10.1 Å². The second-order valence-electron chi connectivity index (χ2n) is 5.17. The molecule has 0 aliphatic carbocycles. The number of phenolic OH excluding ortho intramolecular Hbond substituents is 1. The summed E-state index contributed by atoms with van der Waals surface area (Å²) in [5.74, 6) is -0.255. The van der Waals surface area contributed by atoms with Crippen LogP contribution < -0.4 is 0 Å². The minimum Gasteiger partial charge on any atom is -0.507 e. The van der Waals surface area contributed by atoms with Crippen LogP contribution in [0.4, 0.5) is 4.39 Å². The van der Waals surface area contributed by atoms with Gasteiger partial charge in [0.05, 0.1) is 0 Å². The molecule has 1 heterocycles. The van der Waals surface area contributed by atoms with E-state index in [-0.39, 0.29) is 11.6 Å². The van der Waals surface area contributed by atoms with Crippen LogP contribution in [0.2, 0.25) is 0 Å². The van der Waals surface area contributed by atoms with Crippen LogP contribution in [0.1, 0.15) is 11.1 Å². The highest BCUT2D eigenvalue weighted by molar-refractivity contribution is 5.73. The van der Waals surface area contributed by atoms with E-state index < -0.39 is 0 Å². The Balaban J connectivity index is 1.91. The molecule has 0 atom stereocenters. The Bertz CT molecular complexity index is 771. The van der Waals surface area contributed by atoms with Crippen LogP contribution in [0.25, 0.3) is 11.1 Å². The maximum Gasteiger partial charge on any atom is 0.124 e. The Labute approximate surface area is 128 Å². The van der Waals surface area contributed by atoms with Crippen LogP contribution in [-0.2, 0) is 12.8 Å². The van der Waals surface area contributed by atoms with Crippen LogP contribution in [0.5, 0.6) is 5.75 Å². The first-order chi connectivity index (χ1) is 10.7. The van der Waals surface area contributed by atoms with Crippen molar-refractivity contribution in [1.82, 2.24) is 4.98 Å². The van der Waals surface area contributed by atoms with Gasteiger partial charge in [0.25, 0.3) is 0 Å². The monoisotopic (exact) mass is 293 g/mol. The maximum absolute atomic E-state index is 13.5. The summed E-state index contributed by atoms with van der Waals surface area (Å²) in [4.78, 5) is 4.01. The van der Waals surface area contributed by atoms with Gasteiger partial charge in [0.1, 0.15) is 11.6 Å². The van der Waals surface area contributed by atoms with Crippen molar-refractivity contribution in [3.05, 3.63) is 83.9 Å². The summed E-state index contributed by atoms with van der Waals surface area (Å²) in [7, 11) is 0. The van der Waals surface area contributed by atoms with Crippen molar-refractivity contribution >= 4 is 0 Å². The van der Waals surface area contributed by atoms with E-state index >= 15 is 0 Å². The maximum atomic E-state index is 13.5. The van der Waals surface area contributed by atoms with E-state index in [4.69, 9.17) is 0 Å². The molecule has 0 unspecified atom stereocenters. The molecular formula is C19H16FNO. The Morgan fingerprint density at radius 1 is 0.864 bits per heavy atom. The third kappa shape index (κ3) is 3.14. The number of aromatic nitrogens is 1. The lowest BCUT2D eigenvalue weighted by Crippen LogP contribution is -1.95. The summed E-state index contributed by atoms with van der Waals surface area (Å²) in [5.41, 5.74) is 3.69. The van der Waals surface area contributed by atoms with Gasteiger partial charge in [-0.3, -0.25) is 4.98 Å². The number of rotatable bonds is 4. The second-order valence-corrected chi connectivity index (χ2v) is 5.17. The van der Waals surface area contributed by atoms with E-state index in [9.17, 15) is 9.50 Å². The quantitative estimate of drug-likeness (QED) is 0.774. The number of hydrogen-bond donors (Lipinski definition) is 1. The predicted molar refractivity (Wildman–Crippen MR) is 85.1 cm³/mol. The molecule has 0 saturated carbocycles. The Morgan fingerprint density at radius 2 is 1.64 bits per heavy atom. The summed E-state index contributed by atoms with van der Waals surface area (Å²) >= 11 is 0. The zero-order valence-electron chi connectivity index (χ0n) is 12.0. The lowest BCUT2D eigenvalue weighted by molar-refractivity contribution is 0.475. The third-order valence-corrected chi connectivity index (χ3v) is 3.70. The van der Waals surface area contributed by atoms with Crippen molar-refractivity contribution in [2.75, 3.05) is 0 Å². The first kappa shape index (κ1) is 14.3. The molecule has 3 heteroatoms. The van der Waals surface area contributed by atoms with Crippen molar-refractivity contribution in [1.29, 1.82) is 0 Å². The lowest BCUT2D eigenvalue weighted by atomic mass is 9.95. The molecule has 0 saturated heterocycles. The molecule has 1 N–H and O–H groups in total. The molecule has 2 aromatic carbocycles. The molecule has 2 nitrogen and oxygen atoms in total. The van der Waals surface area contributed by atoms with Crippen LogP contribution in [0, 0.1) is 5.82 Å².